The van der Waals surface area contributed by atoms with Crippen LogP contribution in [0.5, 0.6) is 0 Å². The van der Waals surface area contributed by atoms with Crippen LogP contribution in [0.25, 0.3) is 0 Å². The number of hydrogen-bond donors (Lipinski definition) is 2. The van der Waals surface area contributed by atoms with Crippen molar-refractivity contribution in [3.8, 4) is 0 Å². The number of carbonyl (C=O) groups is 1. The third kappa shape index (κ3) is 4.60. The first-order valence-corrected chi connectivity index (χ1v) is 8.61. The van der Waals surface area contributed by atoms with Gasteiger partial charge in [0.05, 0.1) is 0 Å². The van der Waals surface area contributed by atoms with Crippen molar-refractivity contribution < 1.29 is 9.18 Å². The first kappa shape index (κ1) is 17.5. The first-order chi connectivity index (χ1) is 12.1. The van der Waals surface area contributed by atoms with Crippen molar-refractivity contribution in [3.05, 3.63) is 41.5 Å². The summed E-state index contributed by atoms with van der Waals surface area (Å²) >= 11 is 0. The molecule has 1 aromatic carbocycles. The molecule has 2 heterocycles. The lowest BCUT2D eigenvalue weighted by Gasteiger charge is -2.18. The van der Waals surface area contributed by atoms with Crippen LogP contribution < -0.4 is 10.6 Å². The van der Waals surface area contributed by atoms with Crippen LogP contribution >= 0.6 is 0 Å². The predicted molar refractivity (Wildman–Crippen MR) is 90.3 cm³/mol. The van der Waals surface area contributed by atoms with E-state index in [1.54, 1.807) is 19.1 Å². The molecule has 1 aromatic heterocycles. The maximum Gasteiger partial charge on any atom is 0.245 e. The third-order valence-corrected chi connectivity index (χ3v) is 4.59. The van der Waals surface area contributed by atoms with E-state index in [0.29, 0.717) is 24.7 Å². The van der Waals surface area contributed by atoms with Crippen LogP contribution in [-0.2, 0) is 11.2 Å². The molecule has 0 aliphatic carbocycles. The van der Waals surface area contributed by atoms with E-state index in [4.69, 9.17) is 0 Å². The predicted octanol–water partition coefficient (Wildman–Crippen LogP) is 1.02. The molecule has 2 aromatic rings. The van der Waals surface area contributed by atoms with Gasteiger partial charge in [0.1, 0.15) is 17.7 Å². The monoisotopic (exact) mass is 346 g/mol. The number of halogens is 1. The van der Waals surface area contributed by atoms with Crippen LogP contribution in [0.2, 0.25) is 0 Å². The Morgan fingerprint density at radius 1 is 1.52 bits per heavy atom. The normalized spacial score (nSPS) is 18.2. The van der Waals surface area contributed by atoms with E-state index in [0.717, 1.165) is 31.5 Å². The van der Waals surface area contributed by atoms with Crippen LogP contribution in [0, 0.1) is 18.7 Å². The second-order valence-corrected chi connectivity index (χ2v) is 6.46. The van der Waals surface area contributed by atoms with Gasteiger partial charge in [0, 0.05) is 13.0 Å². The van der Waals surface area contributed by atoms with Crippen molar-refractivity contribution in [2.24, 2.45) is 5.92 Å². The molecule has 1 amide bonds. The lowest BCUT2D eigenvalue weighted by atomic mass is 10.0. The lowest BCUT2D eigenvalue weighted by Crippen LogP contribution is -2.36. The maximum atomic E-state index is 13.5. The van der Waals surface area contributed by atoms with Crippen molar-refractivity contribution in [1.29, 1.82) is 0 Å². The van der Waals surface area contributed by atoms with Gasteiger partial charge in [0.2, 0.25) is 5.91 Å². The van der Waals surface area contributed by atoms with E-state index in [1.807, 2.05) is 0 Å². The second kappa shape index (κ2) is 8.15. The number of amides is 1. The molecule has 7 nitrogen and oxygen atoms in total. The standard InChI is InChI=1S/C17H23FN6O/c1-12-21-22-23-24(12)16(10-14-3-2-4-15(18)9-14)17(25)20-8-6-13-5-7-19-11-13/h2-4,9,13,16,19H,5-8,10-11H2,1H3,(H,20,25). The number of rotatable bonds is 7. The number of nitrogens with one attached hydrogen (secondary N) is 2. The summed E-state index contributed by atoms with van der Waals surface area (Å²) in [4.78, 5) is 12.7. The fraction of sp³-hybridized carbons (Fsp3) is 0.529. The molecule has 2 atom stereocenters. The van der Waals surface area contributed by atoms with Gasteiger partial charge < -0.3 is 10.6 Å². The summed E-state index contributed by atoms with van der Waals surface area (Å²) in [5, 5.41) is 17.7. The van der Waals surface area contributed by atoms with Crippen LogP contribution in [0.1, 0.15) is 30.3 Å². The number of aromatic nitrogens is 4. The summed E-state index contributed by atoms with van der Waals surface area (Å²) < 4.78 is 15.0. The molecule has 1 fully saturated rings. The SMILES string of the molecule is Cc1nnnn1C(Cc1cccc(F)c1)C(=O)NCCC1CCNC1. The average molecular weight is 346 g/mol. The van der Waals surface area contributed by atoms with Gasteiger partial charge in [-0.05, 0) is 66.9 Å². The molecule has 2 unspecified atom stereocenters. The van der Waals surface area contributed by atoms with Crippen molar-refractivity contribution in [2.45, 2.75) is 32.2 Å². The number of nitrogens with zero attached hydrogens (tertiary/aromatic N) is 4. The minimum absolute atomic E-state index is 0.148. The van der Waals surface area contributed by atoms with Gasteiger partial charge in [-0.1, -0.05) is 12.1 Å². The highest BCUT2D eigenvalue weighted by Gasteiger charge is 2.24. The molecule has 134 valence electrons. The molecular weight excluding hydrogens is 323 g/mol. The van der Waals surface area contributed by atoms with Gasteiger partial charge in [-0.3, -0.25) is 4.79 Å². The zero-order valence-corrected chi connectivity index (χ0v) is 14.3. The lowest BCUT2D eigenvalue weighted by molar-refractivity contribution is -0.124. The molecular formula is C17H23FN6O. The Bertz CT molecular complexity index is 713. The Balaban J connectivity index is 1.67. The summed E-state index contributed by atoms with van der Waals surface area (Å²) in [6.07, 6.45) is 2.43. The molecule has 1 aliphatic rings. The summed E-state index contributed by atoms with van der Waals surface area (Å²) in [5.41, 5.74) is 0.732. The fourth-order valence-electron chi connectivity index (χ4n) is 3.18. The highest BCUT2D eigenvalue weighted by Crippen LogP contribution is 2.17. The van der Waals surface area contributed by atoms with Crippen molar-refractivity contribution in [2.75, 3.05) is 19.6 Å². The van der Waals surface area contributed by atoms with E-state index in [-0.39, 0.29) is 11.7 Å². The van der Waals surface area contributed by atoms with Gasteiger partial charge in [0.25, 0.3) is 0 Å². The van der Waals surface area contributed by atoms with Gasteiger partial charge in [-0.2, -0.15) is 0 Å². The Hall–Kier alpha value is -2.35. The molecule has 0 saturated carbocycles. The van der Waals surface area contributed by atoms with Crippen molar-refractivity contribution >= 4 is 5.91 Å². The zero-order chi connectivity index (χ0) is 17.6. The highest BCUT2D eigenvalue weighted by molar-refractivity contribution is 5.80. The van der Waals surface area contributed by atoms with Crippen LogP contribution in [0.15, 0.2) is 24.3 Å². The Morgan fingerprint density at radius 2 is 2.40 bits per heavy atom. The van der Waals surface area contributed by atoms with Gasteiger partial charge in [-0.25, -0.2) is 9.07 Å². The molecule has 1 saturated heterocycles. The molecule has 3 rings (SSSR count). The summed E-state index contributed by atoms with van der Waals surface area (Å²) in [7, 11) is 0. The van der Waals surface area contributed by atoms with Crippen LogP contribution in [0.3, 0.4) is 0 Å². The number of aryl methyl sites for hydroxylation is 1. The Kier molecular flexibility index (Phi) is 5.70. The molecule has 8 heteroatoms. The molecule has 1 aliphatic heterocycles. The van der Waals surface area contributed by atoms with Crippen LogP contribution in [-0.4, -0.2) is 45.7 Å². The number of carbonyl (C=O) groups excluding carboxylic acids is 1. The summed E-state index contributed by atoms with van der Waals surface area (Å²) in [5.74, 6) is 0.692. The number of tetrazole rings is 1. The zero-order valence-electron chi connectivity index (χ0n) is 14.3. The minimum Gasteiger partial charge on any atom is -0.354 e. The van der Waals surface area contributed by atoms with Gasteiger partial charge >= 0.3 is 0 Å². The molecule has 25 heavy (non-hydrogen) atoms. The fourth-order valence-corrected chi connectivity index (χ4v) is 3.18. The summed E-state index contributed by atoms with van der Waals surface area (Å²) in [6, 6.07) is 5.66. The highest BCUT2D eigenvalue weighted by atomic mass is 19.1. The average Bonchev–Trinajstić information content (AvgIpc) is 3.24. The van der Waals surface area contributed by atoms with E-state index < -0.39 is 6.04 Å². The summed E-state index contributed by atoms with van der Waals surface area (Å²) in [6.45, 7) is 4.42. The molecule has 0 spiro atoms. The van der Waals surface area contributed by atoms with Gasteiger partial charge in [0.15, 0.2) is 0 Å². The largest absolute Gasteiger partial charge is 0.354 e. The van der Waals surface area contributed by atoms with Crippen LogP contribution in [0.4, 0.5) is 4.39 Å². The number of benzene rings is 1. The second-order valence-electron chi connectivity index (χ2n) is 6.46. The Labute approximate surface area is 146 Å². The van der Waals surface area contributed by atoms with E-state index in [2.05, 4.69) is 26.2 Å². The third-order valence-electron chi connectivity index (χ3n) is 4.59. The van der Waals surface area contributed by atoms with E-state index in [9.17, 15) is 9.18 Å². The smallest absolute Gasteiger partial charge is 0.245 e. The van der Waals surface area contributed by atoms with Gasteiger partial charge in [-0.15, -0.1) is 5.10 Å². The Morgan fingerprint density at radius 3 is 3.08 bits per heavy atom. The quantitative estimate of drug-likeness (QED) is 0.782. The van der Waals surface area contributed by atoms with Crippen molar-refractivity contribution in [3.63, 3.8) is 0 Å². The van der Waals surface area contributed by atoms with E-state index in [1.165, 1.54) is 16.8 Å². The van der Waals surface area contributed by atoms with Crippen molar-refractivity contribution in [1.82, 2.24) is 30.8 Å². The first-order valence-electron chi connectivity index (χ1n) is 8.61. The minimum atomic E-state index is -0.599. The topological polar surface area (TPSA) is 84.7 Å². The number of hydrogen-bond acceptors (Lipinski definition) is 5. The van der Waals surface area contributed by atoms with E-state index >= 15 is 0 Å². The molecule has 0 radical (unpaired) electrons. The maximum absolute atomic E-state index is 13.5. The molecule has 0 bridgehead atoms. The molecule has 2 N–H and O–H groups in total.